The zero-order valence-electron chi connectivity index (χ0n) is 10.3. The second-order valence-corrected chi connectivity index (χ2v) is 6.39. The van der Waals surface area contributed by atoms with E-state index >= 15 is 0 Å². The maximum absolute atomic E-state index is 5.98. The molecule has 1 aromatic rings. The van der Waals surface area contributed by atoms with Gasteiger partial charge < -0.3 is 5.32 Å². The molecule has 0 bridgehead atoms. The van der Waals surface area contributed by atoms with E-state index in [1.165, 1.54) is 17.7 Å². The molecular weight excluding hydrogens is 273 g/mol. The molecular formula is C13H19Cl2NS. The van der Waals surface area contributed by atoms with Crippen LogP contribution < -0.4 is 5.32 Å². The lowest BCUT2D eigenvalue weighted by Crippen LogP contribution is -2.23. The molecule has 0 aliphatic rings. The summed E-state index contributed by atoms with van der Waals surface area (Å²) in [5.74, 6) is 0. The van der Waals surface area contributed by atoms with E-state index in [1.54, 1.807) is 0 Å². The number of nitrogens with one attached hydrogen (secondary N) is 1. The van der Waals surface area contributed by atoms with Crippen LogP contribution in [-0.4, -0.2) is 18.3 Å². The maximum atomic E-state index is 5.98. The van der Waals surface area contributed by atoms with Crippen LogP contribution in [-0.2, 0) is 0 Å². The van der Waals surface area contributed by atoms with Gasteiger partial charge in [0.15, 0.2) is 0 Å². The Morgan fingerprint density at radius 1 is 1.29 bits per heavy atom. The molecule has 0 saturated heterocycles. The fourth-order valence-corrected chi connectivity index (χ4v) is 2.79. The van der Waals surface area contributed by atoms with Gasteiger partial charge in [-0.3, -0.25) is 0 Å². The largest absolute Gasteiger partial charge is 0.316 e. The molecule has 1 nitrogen and oxygen atoms in total. The number of rotatable bonds is 7. The Morgan fingerprint density at radius 2 is 2.06 bits per heavy atom. The van der Waals surface area contributed by atoms with E-state index < -0.39 is 0 Å². The highest BCUT2D eigenvalue weighted by Crippen LogP contribution is 2.29. The minimum atomic E-state index is 0.532. The summed E-state index contributed by atoms with van der Waals surface area (Å²) < 4.78 is 0. The van der Waals surface area contributed by atoms with Crippen LogP contribution in [0.15, 0.2) is 23.1 Å². The fraction of sp³-hybridized carbons (Fsp3) is 0.538. The third kappa shape index (κ3) is 6.01. The molecule has 96 valence electrons. The minimum Gasteiger partial charge on any atom is -0.316 e. The topological polar surface area (TPSA) is 12.0 Å². The third-order valence-electron chi connectivity index (χ3n) is 2.37. The quantitative estimate of drug-likeness (QED) is 0.568. The number of hydrogen-bond acceptors (Lipinski definition) is 2. The Balaban J connectivity index is 2.34. The first-order valence-electron chi connectivity index (χ1n) is 5.96. The number of benzene rings is 1. The van der Waals surface area contributed by atoms with E-state index in [0.29, 0.717) is 15.3 Å². The monoisotopic (exact) mass is 291 g/mol. The molecule has 0 saturated carbocycles. The van der Waals surface area contributed by atoms with Gasteiger partial charge in [0.2, 0.25) is 0 Å². The lowest BCUT2D eigenvalue weighted by Gasteiger charge is -2.12. The highest BCUT2D eigenvalue weighted by Gasteiger charge is 2.05. The first-order valence-corrected chi connectivity index (χ1v) is 7.59. The first kappa shape index (κ1) is 15.2. The third-order valence-corrected chi connectivity index (χ3v) is 4.20. The van der Waals surface area contributed by atoms with Gasteiger partial charge >= 0.3 is 0 Å². The Morgan fingerprint density at radius 3 is 2.71 bits per heavy atom. The molecule has 0 aliphatic carbocycles. The van der Waals surface area contributed by atoms with Gasteiger partial charge in [-0.05, 0) is 31.2 Å². The maximum Gasteiger partial charge on any atom is 0.0603 e. The number of halogens is 2. The van der Waals surface area contributed by atoms with Crippen LogP contribution in [0.3, 0.4) is 0 Å². The summed E-state index contributed by atoms with van der Waals surface area (Å²) >= 11 is 13.7. The molecule has 0 spiro atoms. The van der Waals surface area contributed by atoms with Crippen molar-refractivity contribution in [1.29, 1.82) is 0 Å². The smallest absolute Gasteiger partial charge is 0.0603 e. The lowest BCUT2D eigenvalue weighted by atomic mass is 10.3. The van der Waals surface area contributed by atoms with Crippen LogP contribution >= 0.6 is 35.0 Å². The molecule has 0 amide bonds. The molecule has 1 aromatic carbocycles. The molecule has 0 heterocycles. The Hall–Kier alpha value is 0.110. The van der Waals surface area contributed by atoms with Crippen LogP contribution in [0.1, 0.15) is 26.7 Å². The molecule has 0 radical (unpaired) electrons. The summed E-state index contributed by atoms with van der Waals surface area (Å²) in [6, 6.07) is 5.79. The van der Waals surface area contributed by atoms with Crippen LogP contribution in [0.2, 0.25) is 10.0 Å². The molecule has 1 N–H and O–H groups in total. The van der Waals surface area contributed by atoms with E-state index in [4.69, 9.17) is 23.2 Å². The second kappa shape index (κ2) is 8.25. The Bertz CT molecular complexity index is 344. The van der Waals surface area contributed by atoms with Crippen molar-refractivity contribution in [2.24, 2.45) is 0 Å². The highest BCUT2D eigenvalue weighted by atomic mass is 35.5. The van der Waals surface area contributed by atoms with Crippen molar-refractivity contribution in [3.63, 3.8) is 0 Å². The summed E-state index contributed by atoms with van der Waals surface area (Å²) in [7, 11) is 0. The van der Waals surface area contributed by atoms with E-state index in [-0.39, 0.29) is 0 Å². The molecule has 17 heavy (non-hydrogen) atoms. The molecule has 1 atom stereocenters. The Kier molecular flexibility index (Phi) is 7.36. The normalized spacial score (nSPS) is 12.7. The SMILES string of the molecule is CCCCNCC(C)Sc1ccc(Cl)c(Cl)c1. The number of hydrogen-bond donors (Lipinski definition) is 1. The van der Waals surface area contributed by atoms with Crippen molar-refractivity contribution in [2.75, 3.05) is 13.1 Å². The van der Waals surface area contributed by atoms with Gasteiger partial charge in [-0.25, -0.2) is 0 Å². The van der Waals surface area contributed by atoms with Gasteiger partial charge in [0.25, 0.3) is 0 Å². The molecule has 1 unspecified atom stereocenters. The van der Waals surface area contributed by atoms with Crippen LogP contribution in [0.4, 0.5) is 0 Å². The average molecular weight is 292 g/mol. The molecule has 1 rings (SSSR count). The summed E-state index contributed by atoms with van der Waals surface area (Å²) in [5.41, 5.74) is 0. The number of thioether (sulfide) groups is 1. The van der Waals surface area contributed by atoms with Crippen molar-refractivity contribution >= 4 is 35.0 Å². The number of unbranched alkanes of at least 4 members (excludes halogenated alkanes) is 1. The van der Waals surface area contributed by atoms with Gasteiger partial charge in [0, 0.05) is 16.7 Å². The van der Waals surface area contributed by atoms with E-state index in [9.17, 15) is 0 Å². The predicted molar refractivity (Wildman–Crippen MR) is 79.6 cm³/mol. The fourth-order valence-electron chi connectivity index (χ4n) is 1.43. The van der Waals surface area contributed by atoms with Crippen molar-refractivity contribution in [3.8, 4) is 0 Å². The Labute approximate surface area is 118 Å². The summed E-state index contributed by atoms with van der Waals surface area (Å²) in [6.45, 7) is 6.54. The second-order valence-electron chi connectivity index (χ2n) is 4.06. The van der Waals surface area contributed by atoms with E-state index in [2.05, 4.69) is 19.2 Å². The summed E-state index contributed by atoms with van der Waals surface area (Å²) in [6.07, 6.45) is 2.48. The van der Waals surface area contributed by atoms with Crippen LogP contribution in [0.5, 0.6) is 0 Å². The van der Waals surface area contributed by atoms with Gasteiger partial charge in [-0.15, -0.1) is 11.8 Å². The van der Waals surface area contributed by atoms with E-state index in [0.717, 1.165) is 13.1 Å². The summed E-state index contributed by atoms with van der Waals surface area (Å²) in [5, 5.41) is 5.23. The predicted octanol–water partition coefficient (Wildman–Crippen LogP) is 4.86. The minimum absolute atomic E-state index is 0.532. The van der Waals surface area contributed by atoms with E-state index in [1.807, 2.05) is 30.0 Å². The van der Waals surface area contributed by atoms with Crippen LogP contribution in [0, 0.1) is 0 Å². The van der Waals surface area contributed by atoms with Crippen molar-refractivity contribution in [3.05, 3.63) is 28.2 Å². The van der Waals surface area contributed by atoms with Gasteiger partial charge in [0.05, 0.1) is 10.0 Å². The lowest BCUT2D eigenvalue weighted by molar-refractivity contribution is 0.638. The average Bonchev–Trinajstić information content (AvgIpc) is 2.30. The van der Waals surface area contributed by atoms with Crippen molar-refractivity contribution < 1.29 is 0 Å². The standard InChI is InChI=1S/C13H19Cl2NS/c1-3-4-7-16-9-10(2)17-11-5-6-12(14)13(15)8-11/h5-6,8,10,16H,3-4,7,9H2,1-2H3. The highest BCUT2D eigenvalue weighted by molar-refractivity contribution is 8.00. The van der Waals surface area contributed by atoms with Gasteiger partial charge in [-0.2, -0.15) is 0 Å². The van der Waals surface area contributed by atoms with Crippen molar-refractivity contribution in [1.82, 2.24) is 5.32 Å². The molecule has 4 heteroatoms. The zero-order valence-corrected chi connectivity index (χ0v) is 12.6. The zero-order chi connectivity index (χ0) is 12.7. The molecule has 0 aliphatic heterocycles. The summed E-state index contributed by atoms with van der Waals surface area (Å²) in [4.78, 5) is 1.17. The first-order chi connectivity index (χ1) is 8.13. The van der Waals surface area contributed by atoms with Crippen molar-refractivity contribution in [2.45, 2.75) is 36.8 Å². The van der Waals surface area contributed by atoms with Gasteiger partial charge in [-0.1, -0.05) is 43.5 Å². The van der Waals surface area contributed by atoms with Crippen LogP contribution in [0.25, 0.3) is 0 Å². The van der Waals surface area contributed by atoms with Gasteiger partial charge in [0.1, 0.15) is 0 Å². The molecule has 0 aromatic heterocycles. The molecule has 0 fully saturated rings.